The summed E-state index contributed by atoms with van der Waals surface area (Å²) in [6, 6.07) is 0. The maximum absolute atomic E-state index is 10.7. The minimum Gasteiger partial charge on any atom is -0.465 e. The van der Waals surface area contributed by atoms with Crippen molar-refractivity contribution < 1.29 is 20.1 Å². The van der Waals surface area contributed by atoms with E-state index in [1.165, 1.54) is 4.90 Å². The quantitative estimate of drug-likeness (QED) is 0.467. The Kier molecular flexibility index (Phi) is 2.33. The molecule has 1 aliphatic rings. The van der Waals surface area contributed by atoms with Crippen molar-refractivity contribution in [2.24, 2.45) is 0 Å². The van der Waals surface area contributed by atoms with E-state index in [9.17, 15) is 4.79 Å². The molecule has 1 aliphatic heterocycles. The summed E-state index contributed by atoms with van der Waals surface area (Å²) in [6.07, 6.45) is -2.17. The van der Waals surface area contributed by atoms with Crippen molar-refractivity contribution in [3.8, 4) is 0 Å². The normalized spacial score (nSPS) is 15.5. The Morgan fingerprint density at radius 1 is 1.53 bits per heavy atom. The van der Waals surface area contributed by atoms with Crippen molar-refractivity contribution in [1.82, 2.24) is 15.1 Å². The number of hydrogen-bond donors (Lipinski definition) is 4. The van der Waals surface area contributed by atoms with Crippen LogP contribution in [0.15, 0.2) is 0 Å². The minimum atomic E-state index is -1.67. The lowest BCUT2D eigenvalue weighted by Gasteiger charge is -2.24. The van der Waals surface area contributed by atoms with Crippen LogP contribution in [0.2, 0.25) is 0 Å². The average molecular weight is 213 g/mol. The molecule has 2 heterocycles. The van der Waals surface area contributed by atoms with Crippen LogP contribution in [0, 0.1) is 0 Å². The lowest BCUT2D eigenvalue weighted by atomic mass is 10.1. The van der Waals surface area contributed by atoms with E-state index in [2.05, 4.69) is 10.2 Å². The number of H-pyrrole nitrogens is 1. The second kappa shape index (κ2) is 3.52. The fraction of sp³-hybridized carbons (Fsp3) is 0.500. The molecule has 1 aromatic heterocycles. The Balaban J connectivity index is 2.30. The number of aromatic nitrogens is 2. The molecule has 2 rings (SSSR count). The number of nitrogens with one attached hydrogen (secondary N) is 1. The third kappa shape index (κ3) is 1.66. The van der Waals surface area contributed by atoms with E-state index in [1.807, 2.05) is 0 Å². The number of rotatable bonds is 1. The van der Waals surface area contributed by atoms with Gasteiger partial charge in [-0.25, -0.2) is 4.79 Å². The molecular weight excluding hydrogens is 202 g/mol. The SMILES string of the molecule is O=C(O)N1CCc2[nH]nc(C(O)O)c2C1. The van der Waals surface area contributed by atoms with Gasteiger partial charge in [0.1, 0.15) is 5.69 Å². The van der Waals surface area contributed by atoms with Gasteiger partial charge in [-0.3, -0.25) is 5.10 Å². The predicted octanol–water partition coefficient (Wildman–Crippen LogP) is -0.571. The third-order valence-electron chi connectivity index (χ3n) is 2.48. The molecule has 1 aromatic rings. The highest BCUT2D eigenvalue weighted by atomic mass is 16.5. The Morgan fingerprint density at radius 3 is 2.87 bits per heavy atom. The molecule has 7 nitrogen and oxygen atoms in total. The van der Waals surface area contributed by atoms with E-state index in [-0.39, 0.29) is 12.2 Å². The van der Waals surface area contributed by atoms with Crippen molar-refractivity contribution in [3.05, 3.63) is 17.0 Å². The van der Waals surface area contributed by atoms with Crippen molar-refractivity contribution in [2.45, 2.75) is 19.3 Å². The lowest BCUT2D eigenvalue weighted by Crippen LogP contribution is -2.35. The van der Waals surface area contributed by atoms with Gasteiger partial charge in [0.25, 0.3) is 0 Å². The largest absolute Gasteiger partial charge is 0.465 e. The molecule has 0 unspecified atom stereocenters. The smallest absolute Gasteiger partial charge is 0.407 e. The lowest BCUT2D eigenvalue weighted by molar-refractivity contribution is -0.0469. The Bertz CT molecular complexity index is 387. The molecule has 82 valence electrons. The molecule has 0 aliphatic carbocycles. The van der Waals surface area contributed by atoms with Gasteiger partial charge in [-0.05, 0) is 0 Å². The first kappa shape index (κ1) is 9.94. The van der Waals surface area contributed by atoms with Gasteiger partial charge in [0.15, 0.2) is 6.29 Å². The number of aliphatic hydroxyl groups excluding tert-OH is 1. The molecule has 0 atom stereocenters. The number of aromatic amines is 1. The highest BCUT2D eigenvalue weighted by molar-refractivity contribution is 5.65. The summed E-state index contributed by atoms with van der Waals surface area (Å²) in [6.45, 7) is 0.541. The number of carbonyl (C=O) groups is 1. The molecule has 1 amide bonds. The van der Waals surface area contributed by atoms with Gasteiger partial charge in [0.05, 0.1) is 6.54 Å². The van der Waals surface area contributed by atoms with E-state index < -0.39 is 12.4 Å². The summed E-state index contributed by atoms with van der Waals surface area (Å²) >= 11 is 0. The molecule has 0 bridgehead atoms. The molecule has 0 fully saturated rings. The predicted molar refractivity (Wildman–Crippen MR) is 47.9 cm³/mol. The van der Waals surface area contributed by atoms with E-state index in [1.54, 1.807) is 0 Å². The van der Waals surface area contributed by atoms with Crippen LogP contribution in [0.3, 0.4) is 0 Å². The van der Waals surface area contributed by atoms with Gasteiger partial charge in [-0.15, -0.1) is 0 Å². The standard InChI is InChI=1S/C8H11N3O4/c12-7(13)6-4-3-11(8(14)15)2-1-5(4)9-10-6/h7,12-13H,1-3H2,(H,9,10)(H,14,15). The number of aliphatic hydroxyl groups is 2. The van der Waals surface area contributed by atoms with Gasteiger partial charge in [0.2, 0.25) is 0 Å². The summed E-state index contributed by atoms with van der Waals surface area (Å²) in [7, 11) is 0. The third-order valence-corrected chi connectivity index (χ3v) is 2.48. The summed E-state index contributed by atoms with van der Waals surface area (Å²) in [4.78, 5) is 11.9. The Labute approximate surface area is 85.0 Å². The van der Waals surface area contributed by atoms with Gasteiger partial charge < -0.3 is 20.2 Å². The van der Waals surface area contributed by atoms with Crippen molar-refractivity contribution in [1.29, 1.82) is 0 Å². The first-order valence-corrected chi connectivity index (χ1v) is 4.49. The number of fused-ring (bicyclic) bond motifs is 1. The van der Waals surface area contributed by atoms with E-state index in [4.69, 9.17) is 15.3 Å². The van der Waals surface area contributed by atoms with Crippen LogP contribution in [0.25, 0.3) is 0 Å². The zero-order valence-corrected chi connectivity index (χ0v) is 7.84. The highest BCUT2D eigenvalue weighted by Crippen LogP contribution is 2.23. The monoisotopic (exact) mass is 213 g/mol. The molecular formula is C8H11N3O4. The summed E-state index contributed by atoms with van der Waals surface area (Å²) in [5.41, 5.74) is 1.45. The summed E-state index contributed by atoms with van der Waals surface area (Å²) < 4.78 is 0. The van der Waals surface area contributed by atoms with Gasteiger partial charge in [-0.2, -0.15) is 5.10 Å². The molecule has 0 saturated heterocycles. The Hall–Kier alpha value is -1.60. The first-order valence-electron chi connectivity index (χ1n) is 4.49. The van der Waals surface area contributed by atoms with Crippen LogP contribution in [0.5, 0.6) is 0 Å². The summed E-state index contributed by atoms with van der Waals surface area (Å²) in [5.74, 6) is 0. The second-order valence-electron chi connectivity index (χ2n) is 3.39. The minimum absolute atomic E-state index is 0.107. The van der Waals surface area contributed by atoms with E-state index >= 15 is 0 Å². The van der Waals surface area contributed by atoms with E-state index in [0.717, 1.165) is 5.69 Å². The van der Waals surface area contributed by atoms with Crippen LogP contribution in [-0.2, 0) is 13.0 Å². The second-order valence-corrected chi connectivity index (χ2v) is 3.39. The molecule has 0 radical (unpaired) electrons. The molecule has 15 heavy (non-hydrogen) atoms. The fourth-order valence-corrected chi connectivity index (χ4v) is 1.69. The molecule has 0 spiro atoms. The van der Waals surface area contributed by atoms with Crippen LogP contribution in [-0.4, -0.2) is 43.1 Å². The average Bonchev–Trinajstić information content (AvgIpc) is 2.59. The zero-order chi connectivity index (χ0) is 11.0. The summed E-state index contributed by atoms with van der Waals surface area (Å²) in [5, 5.41) is 33.2. The number of amides is 1. The fourth-order valence-electron chi connectivity index (χ4n) is 1.69. The maximum Gasteiger partial charge on any atom is 0.407 e. The molecule has 0 aromatic carbocycles. The van der Waals surface area contributed by atoms with Gasteiger partial charge in [0, 0.05) is 24.2 Å². The topological polar surface area (TPSA) is 110 Å². The van der Waals surface area contributed by atoms with Crippen LogP contribution in [0.4, 0.5) is 4.79 Å². The van der Waals surface area contributed by atoms with Crippen LogP contribution >= 0.6 is 0 Å². The number of carboxylic acid groups (broad SMARTS) is 1. The van der Waals surface area contributed by atoms with Crippen molar-refractivity contribution in [2.75, 3.05) is 6.54 Å². The molecule has 4 N–H and O–H groups in total. The van der Waals surface area contributed by atoms with Gasteiger partial charge >= 0.3 is 6.09 Å². The van der Waals surface area contributed by atoms with Crippen molar-refractivity contribution >= 4 is 6.09 Å². The number of nitrogens with zero attached hydrogens (tertiary/aromatic N) is 2. The highest BCUT2D eigenvalue weighted by Gasteiger charge is 2.26. The van der Waals surface area contributed by atoms with Crippen LogP contribution in [0.1, 0.15) is 23.2 Å². The van der Waals surface area contributed by atoms with Crippen LogP contribution < -0.4 is 0 Å². The first-order chi connectivity index (χ1) is 7.09. The van der Waals surface area contributed by atoms with E-state index in [0.29, 0.717) is 18.5 Å². The maximum atomic E-state index is 10.7. The Morgan fingerprint density at radius 2 is 2.27 bits per heavy atom. The van der Waals surface area contributed by atoms with Crippen molar-refractivity contribution in [3.63, 3.8) is 0 Å². The zero-order valence-electron chi connectivity index (χ0n) is 7.84. The molecule has 0 saturated carbocycles. The van der Waals surface area contributed by atoms with Gasteiger partial charge in [-0.1, -0.05) is 0 Å². The number of hydrogen-bond acceptors (Lipinski definition) is 4. The molecule has 7 heteroatoms.